The predicted octanol–water partition coefficient (Wildman–Crippen LogP) is 1.54. The van der Waals surface area contributed by atoms with Crippen molar-refractivity contribution >= 4 is 6.16 Å². The van der Waals surface area contributed by atoms with Gasteiger partial charge < -0.3 is 9.84 Å². The van der Waals surface area contributed by atoms with Crippen LogP contribution in [0, 0.1) is 6.07 Å². The first kappa shape index (κ1) is 8.49. The molecule has 0 aliphatic rings. The van der Waals surface area contributed by atoms with E-state index in [2.05, 4.69) is 10.8 Å². The second-order valence-corrected chi connectivity index (χ2v) is 1.60. The molecule has 1 N–H and O–H groups in total. The number of carbonyl (C=O) groups is 1. The van der Waals surface area contributed by atoms with Crippen molar-refractivity contribution in [2.75, 3.05) is 0 Å². The quantitative estimate of drug-likeness (QED) is 0.445. The Balaban J connectivity index is 0.000001000. The van der Waals surface area contributed by atoms with Gasteiger partial charge in [-0.05, 0) is 0 Å². The van der Waals surface area contributed by atoms with Crippen molar-refractivity contribution in [1.82, 2.24) is 0 Å². The maximum atomic E-state index is 9.94. The molecule has 0 saturated carbocycles. The number of benzene rings is 1. The molecule has 0 aliphatic heterocycles. The molecule has 0 saturated heterocycles. The molecule has 0 heterocycles. The van der Waals surface area contributed by atoms with Crippen LogP contribution < -0.4 is 4.74 Å². The third kappa shape index (κ3) is 2.51. The van der Waals surface area contributed by atoms with Crippen LogP contribution in [0.1, 0.15) is 0 Å². The van der Waals surface area contributed by atoms with Crippen LogP contribution in [0.3, 0.4) is 0 Å². The largest absolute Gasteiger partial charge is 0.509 e. The summed E-state index contributed by atoms with van der Waals surface area (Å²) in [6, 6.07) is 8.94. The summed E-state index contributed by atoms with van der Waals surface area (Å²) < 4.78 is 4.31. The van der Waals surface area contributed by atoms with Gasteiger partial charge in [0.15, 0.2) is 0 Å². The van der Waals surface area contributed by atoms with Crippen molar-refractivity contribution in [3.05, 3.63) is 30.3 Å². The van der Waals surface area contributed by atoms with Crippen molar-refractivity contribution in [1.29, 1.82) is 0 Å². The molecule has 0 aromatic heterocycles. The molecule has 1 aromatic rings. The van der Waals surface area contributed by atoms with Gasteiger partial charge in [0.05, 0.1) is 0 Å². The van der Waals surface area contributed by atoms with E-state index in [0.29, 0.717) is 5.75 Å². The van der Waals surface area contributed by atoms with Gasteiger partial charge in [-0.3, -0.25) is 0 Å². The van der Waals surface area contributed by atoms with Crippen LogP contribution in [0.2, 0.25) is 0 Å². The average molecular weight is 396 g/mol. The Morgan fingerprint density at radius 1 is 1.45 bits per heavy atom. The topological polar surface area (TPSA) is 46.5 Å². The molecule has 3 nitrogen and oxygen atoms in total. The molecule has 0 bridgehead atoms. The predicted molar refractivity (Wildman–Crippen MR) is 33.9 cm³/mol. The summed E-state index contributed by atoms with van der Waals surface area (Å²) in [5, 5.41) is 8.13. The Kier molecular flexibility index (Phi) is 2.70. The molecule has 1 rings (SSSR count). The number of hydrogen-bond acceptors (Lipinski definition) is 2. The summed E-state index contributed by atoms with van der Waals surface area (Å²) in [5.41, 5.74) is 0. The van der Waals surface area contributed by atoms with Crippen LogP contribution >= 0.6 is 0 Å². The van der Waals surface area contributed by atoms with Crippen LogP contribution in [-0.4, -0.2) is 11.3 Å². The van der Waals surface area contributed by atoms with E-state index in [9.17, 15) is 4.79 Å². The minimum atomic E-state index is -1.30. The second kappa shape index (κ2) is 3.50. The van der Waals surface area contributed by atoms with Crippen molar-refractivity contribution in [2.24, 2.45) is 0 Å². The molecule has 11 heavy (non-hydrogen) atoms. The molecule has 1 aromatic carbocycles. The molecule has 0 spiro atoms. The normalized spacial score (nSPS) is 8.00. The zero-order valence-electron chi connectivity index (χ0n) is 5.34. The zero-order valence-corrected chi connectivity index (χ0v) is 7.57. The molecule has 0 fully saturated rings. The van der Waals surface area contributed by atoms with Crippen LogP contribution in [0.15, 0.2) is 24.3 Å². The van der Waals surface area contributed by atoms with Crippen molar-refractivity contribution in [2.45, 2.75) is 0 Å². The summed E-state index contributed by atoms with van der Waals surface area (Å²) in [6.45, 7) is 0. The van der Waals surface area contributed by atoms with Gasteiger partial charge in [-0.25, -0.2) is 4.79 Å². The SMILES string of the molecule is O=C(O)Oc1cc[c-]cc1.[No]. The van der Waals surface area contributed by atoms with Gasteiger partial charge in [-0.1, -0.05) is 0 Å². The maximum absolute atomic E-state index is 9.94. The zero-order chi connectivity index (χ0) is 7.40. The van der Waals surface area contributed by atoms with E-state index >= 15 is 0 Å². The van der Waals surface area contributed by atoms with E-state index in [1.807, 2.05) is 0 Å². The molecule has 0 amide bonds. The van der Waals surface area contributed by atoms with Crippen LogP contribution in [0.5, 0.6) is 5.75 Å². The van der Waals surface area contributed by atoms with Gasteiger partial charge in [0, 0.05) is 5.75 Å². The Labute approximate surface area is 57.9 Å². The summed E-state index contributed by atoms with van der Waals surface area (Å²) in [7, 11) is 0. The second-order valence-electron chi connectivity index (χ2n) is 1.60. The number of rotatable bonds is 1. The fourth-order valence-corrected chi connectivity index (χ4v) is 0.540. The molecule has 0 radical (unpaired) electrons. The first-order chi connectivity index (χ1) is 4.79. The molecule has 0 aliphatic carbocycles. The Bertz CT molecular complexity index is 222. The number of hydrogen-bond donors (Lipinski definition) is 1. The summed E-state index contributed by atoms with van der Waals surface area (Å²) >= 11 is 0. The molecular formula is C7H5NoO3-. The first-order valence-electron chi connectivity index (χ1n) is 2.66. The monoisotopic (exact) mass is 396 g/mol. The molecule has 0 unspecified atom stereocenters. The smallest absolute Gasteiger partial charge is 0.449 e. The summed E-state index contributed by atoms with van der Waals surface area (Å²) in [5.74, 6) is 0.311. The summed E-state index contributed by atoms with van der Waals surface area (Å²) in [4.78, 5) is 9.94. The van der Waals surface area contributed by atoms with Gasteiger partial charge in [0.25, 0.3) is 0 Å². The van der Waals surface area contributed by atoms with E-state index in [0.717, 1.165) is 0 Å². The Morgan fingerprint density at radius 3 is 2.45 bits per heavy atom. The molecule has 66 valence electrons. The van der Waals surface area contributed by atoms with E-state index in [1.165, 1.54) is 12.1 Å². The van der Waals surface area contributed by atoms with E-state index in [4.69, 9.17) is 5.11 Å². The molecule has 4 heteroatoms. The Morgan fingerprint density at radius 2 is 2.00 bits per heavy atom. The van der Waals surface area contributed by atoms with Gasteiger partial charge in [0.1, 0.15) is 0 Å². The van der Waals surface area contributed by atoms with Gasteiger partial charge in [-0.15, -0.1) is 12.1 Å². The van der Waals surface area contributed by atoms with Crippen molar-refractivity contribution in [3.8, 4) is 5.75 Å². The minimum absolute atomic E-state index is 0. The first-order valence-corrected chi connectivity index (χ1v) is 2.66. The third-order valence-corrected chi connectivity index (χ3v) is 0.893. The van der Waals surface area contributed by atoms with Crippen LogP contribution in [-0.2, 0) is 0 Å². The van der Waals surface area contributed by atoms with Crippen molar-refractivity contribution < 1.29 is 14.6 Å². The fourth-order valence-electron chi connectivity index (χ4n) is 0.540. The summed E-state index contributed by atoms with van der Waals surface area (Å²) in [6.07, 6.45) is -1.30. The van der Waals surface area contributed by atoms with Gasteiger partial charge >= 0.3 is 6.16 Å². The van der Waals surface area contributed by atoms with E-state index < -0.39 is 6.16 Å². The third-order valence-electron chi connectivity index (χ3n) is 0.893. The number of ether oxygens (including phenoxy) is 1. The van der Waals surface area contributed by atoms with Gasteiger partial charge in [-0.2, -0.15) is 18.2 Å². The minimum Gasteiger partial charge on any atom is -0.449 e. The van der Waals surface area contributed by atoms with E-state index in [1.54, 1.807) is 12.1 Å². The molecular weight excluding hydrogens is 391 g/mol. The fraction of sp³-hybridized carbons (Fsp3) is 0. The van der Waals surface area contributed by atoms with Crippen molar-refractivity contribution in [3.63, 3.8) is 0 Å². The Hall–Kier alpha value is -2.51. The van der Waals surface area contributed by atoms with Crippen LogP contribution in [0.25, 0.3) is 0 Å². The van der Waals surface area contributed by atoms with Crippen LogP contribution in [0.4, 0.5) is 4.79 Å². The number of carboxylic acid groups (broad SMARTS) is 1. The molecule has 0 atom stereocenters. The van der Waals surface area contributed by atoms with Gasteiger partial charge in [0.2, 0.25) is 0 Å². The average Bonchev–Trinajstić information content (AvgIpc) is 1.88. The standard InChI is InChI=1S/C7H5O3.No/c8-7(9)10-6-4-2-1-3-5-6;/h2-5H,(H,8,9);/q-1;. The maximum Gasteiger partial charge on any atom is 0.509 e. The van der Waals surface area contributed by atoms with E-state index in [-0.39, 0.29) is 0 Å².